The molecule has 5 nitrogen and oxygen atoms in total. The number of aromatic nitrogens is 4. The maximum Gasteiger partial charge on any atom is 0.140 e. The Morgan fingerprint density at radius 3 is 2.87 bits per heavy atom. The van der Waals surface area contributed by atoms with Crippen LogP contribution < -0.4 is 5.73 Å². The highest BCUT2D eigenvalue weighted by molar-refractivity contribution is 7.98. The number of hydrogen-bond acceptors (Lipinski definition) is 6. The molecule has 15 heavy (non-hydrogen) atoms. The van der Waals surface area contributed by atoms with Crippen LogP contribution in [-0.2, 0) is 5.75 Å². The van der Waals surface area contributed by atoms with Gasteiger partial charge in [-0.1, -0.05) is 11.8 Å². The summed E-state index contributed by atoms with van der Waals surface area (Å²) in [6.45, 7) is 0. The van der Waals surface area contributed by atoms with E-state index in [9.17, 15) is 0 Å². The smallest absolute Gasteiger partial charge is 0.140 e. The molecular formula is C9H9N5S. The summed E-state index contributed by atoms with van der Waals surface area (Å²) in [4.78, 5) is 16.3. The van der Waals surface area contributed by atoms with Gasteiger partial charge in [0.2, 0.25) is 0 Å². The minimum Gasteiger partial charge on any atom is -0.384 e. The van der Waals surface area contributed by atoms with E-state index in [0.29, 0.717) is 17.4 Å². The van der Waals surface area contributed by atoms with Crippen LogP contribution in [0, 0.1) is 0 Å². The molecule has 0 atom stereocenters. The normalized spacial score (nSPS) is 10.1. The minimum absolute atomic E-state index is 0.486. The van der Waals surface area contributed by atoms with E-state index in [2.05, 4.69) is 19.9 Å². The van der Waals surface area contributed by atoms with E-state index in [0.717, 1.165) is 5.03 Å². The topological polar surface area (TPSA) is 77.6 Å². The largest absolute Gasteiger partial charge is 0.384 e. The Labute approximate surface area is 91.2 Å². The van der Waals surface area contributed by atoms with Gasteiger partial charge >= 0.3 is 0 Å². The lowest BCUT2D eigenvalue weighted by molar-refractivity contribution is 1.02. The molecule has 0 unspecified atom stereocenters. The predicted octanol–water partition coefficient (Wildman–Crippen LogP) is 1.14. The molecule has 0 saturated carbocycles. The van der Waals surface area contributed by atoms with E-state index in [1.807, 2.05) is 0 Å². The molecule has 0 radical (unpaired) electrons. The quantitative estimate of drug-likeness (QED) is 0.780. The molecule has 2 N–H and O–H groups in total. The van der Waals surface area contributed by atoms with Gasteiger partial charge in [0.15, 0.2) is 0 Å². The third-order valence-corrected chi connectivity index (χ3v) is 2.52. The second kappa shape index (κ2) is 4.70. The number of anilines is 1. The van der Waals surface area contributed by atoms with Crippen LogP contribution in [0.25, 0.3) is 0 Å². The highest BCUT2D eigenvalue weighted by atomic mass is 32.2. The summed E-state index contributed by atoms with van der Waals surface area (Å²) < 4.78 is 0. The van der Waals surface area contributed by atoms with Gasteiger partial charge in [-0.15, -0.1) is 0 Å². The third kappa shape index (κ3) is 2.88. The molecule has 0 bridgehead atoms. The van der Waals surface area contributed by atoms with Crippen LogP contribution in [0.5, 0.6) is 0 Å². The molecule has 0 aliphatic heterocycles. The summed E-state index contributed by atoms with van der Waals surface area (Å²) in [6, 6.07) is 1.66. The van der Waals surface area contributed by atoms with E-state index in [-0.39, 0.29) is 0 Å². The zero-order chi connectivity index (χ0) is 10.5. The maximum atomic E-state index is 5.54. The zero-order valence-electron chi connectivity index (χ0n) is 7.87. The summed E-state index contributed by atoms with van der Waals surface area (Å²) in [5.41, 5.74) is 5.54. The Balaban J connectivity index is 1.99. The Hall–Kier alpha value is -1.69. The Morgan fingerprint density at radius 1 is 1.20 bits per heavy atom. The first-order valence-electron chi connectivity index (χ1n) is 4.31. The average Bonchev–Trinajstić information content (AvgIpc) is 2.28. The van der Waals surface area contributed by atoms with Crippen molar-refractivity contribution in [2.75, 3.05) is 5.73 Å². The first-order valence-corrected chi connectivity index (χ1v) is 5.29. The van der Waals surface area contributed by atoms with Gasteiger partial charge in [-0.3, -0.25) is 4.98 Å². The molecule has 0 spiro atoms. The van der Waals surface area contributed by atoms with Crippen molar-refractivity contribution in [2.24, 2.45) is 0 Å². The summed E-state index contributed by atoms with van der Waals surface area (Å²) in [7, 11) is 0. The Kier molecular flexibility index (Phi) is 3.08. The zero-order valence-corrected chi connectivity index (χ0v) is 8.68. The Bertz CT molecular complexity index is 434. The summed E-state index contributed by atoms with van der Waals surface area (Å²) >= 11 is 1.53. The van der Waals surface area contributed by atoms with Crippen molar-refractivity contribution in [3.63, 3.8) is 0 Å². The molecule has 6 heteroatoms. The minimum atomic E-state index is 0.486. The van der Waals surface area contributed by atoms with E-state index < -0.39 is 0 Å². The van der Waals surface area contributed by atoms with Crippen LogP contribution in [0.2, 0.25) is 0 Å². The van der Waals surface area contributed by atoms with Crippen molar-refractivity contribution in [2.45, 2.75) is 10.8 Å². The molecule has 0 aliphatic rings. The number of nitrogen functional groups attached to an aromatic ring is 1. The molecule has 0 aromatic carbocycles. The molecule has 2 heterocycles. The molecule has 0 amide bonds. The molecule has 2 aromatic rings. The summed E-state index contributed by atoms with van der Waals surface area (Å²) in [5.74, 6) is 1.83. The highest BCUT2D eigenvalue weighted by Crippen LogP contribution is 2.17. The lowest BCUT2D eigenvalue weighted by Gasteiger charge is -1.99. The summed E-state index contributed by atoms with van der Waals surface area (Å²) in [5, 5.41) is 0.850. The molecule has 0 fully saturated rings. The number of thioether (sulfide) groups is 1. The average molecular weight is 219 g/mol. The second-order valence-electron chi connectivity index (χ2n) is 2.73. The highest BCUT2D eigenvalue weighted by Gasteiger charge is 1.99. The molecule has 76 valence electrons. The van der Waals surface area contributed by atoms with Crippen molar-refractivity contribution < 1.29 is 0 Å². The van der Waals surface area contributed by atoms with Crippen molar-refractivity contribution >= 4 is 17.6 Å². The van der Waals surface area contributed by atoms with Crippen LogP contribution in [0.15, 0.2) is 35.9 Å². The first kappa shape index (κ1) is 9.85. The van der Waals surface area contributed by atoms with Crippen LogP contribution >= 0.6 is 11.8 Å². The van der Waals surface area contributed by atoms with Crippen LogP contribution in [0.1, 0.15) is 5.82 Å². The van der Waals surface area contributed by atoms with Crippen LogP contribution in [0.4, 0.5) is 5.82 Å². The van der Waals surface area contributed by atoms with Crippen LogP contribution in [0.3, 0.4) is 0 Å². The van der Waals surface area contributed by atoms with Gasteiger partial charge in [-0.2, -0.15) is 0 Å². The molecule has 0 aliphatic carbocycles. The number of hydrogen-bond donors (Lipinski definition) is 1. The van der Waals surface area contributed by atoms with Gasteiger partial charge in [-0.25, -0.2) is 15.0 Å². The fraction of sp³-hybridized carbons (Fsp3) is 0.111. The molecule has 2 rings (SSSR count). The fourth-order valence-electron chi connectivity index (χ4n) is 0.983. The lowest BCUT2D eigenvalue weighted by Crippen LogP contribution is -1.97. The van der Waals surface area contributed by atoms with Gasteiger partial charge in [0.25, 0.3) is 0 Å². The van der Waals surface area contributed by atoms with Crippen molar-refractivity contribution in [3.8, 4) is 0 Å². The second-order valence-corrected chi connectivity index (χ2v) is 3.73. The molecule has 2 aromatic heterocycles. The third-order valence-electron chi connectivity index (χ3n) is 1.62. The fourth-order valence-corrected chi connectivity index (χ4v) is 1.67. The van der Waals surface area contributed by atoms with Crippen LogP contribution in [-0.4, -0.2) is 19.9 Å². The number of rotatable bonds is 3. The maximum absolute atomic E-state index is 5.54. The predicted molar refractivity (Wildman–Crippen MR) is 58.0 cm³/mol. The SMILES string of the molecule is Nc1ccnc(CSc2cnccn2)n1. The van der Waals surface area contributed by atoms with E-state index in [4.69, 9.17) is 5.73 Å². The number of nitrogens with two attached hydrogens (primary N) is 1. The van der Waals surface area contributed by atoms with Gasteiger partial charge < -0.3 is 5.73 Å². The van der Waals surface area contributed by atoms with Crippen molar-refractivity contribution in [3.05, 3.63) is 36.7 Å². The van der Waals surface area contributed by atoms with E-state index in [1.165, 1.54) is 11.8 Å². The Morgan fingerprint density at radius 2 is 2.13 bits per heavy atom. The van der Waals surface area contributed by atoms with Crippen molar-refractivity contribution in [1.82, 2.24) is 19.9 Å². The van der Waals surface area contributed by atoms with Gasteiger partial charge in [-0.05, 0) is 6.07 Å². The van der Waals surface area contributed by atoms with Gasteiger partial charge in [0.05, 0.1) is 11.9 Å². The van der Waals surface area contributed by atoms with E-state index >= 15 is 0 Å². The monoisotopic (exact) mass is 219 g/mol. The molecular weight excluding hydrogens is 210 g/mol. The lowest BCUT2D eigenvalue weighted by atomic mass is 10.5. The molecule has 0 saturated heterocycles. The standard InChI is InChI=1S/C9H9N5S/c10-7-1-2-12-8(14-7)6-15-9-5-11-3-4-13-9/h1-5H,6H2,(H2,10,12,14). The number of nitrogens with zero attached hydrogens (tertiary/aromatic N) is 4. The summed E-state index contributed by atoms with van der Waals surface area (Å²) in [6.07, 6.45) is 6.65. The van der Waals surface area contributed by atoms with Gasteiger partial charge in [0.1, 0.15) is 16.7 Å². The van der Waals surface area contributed by atoms with E-state index in [1.54, 1.807) is 30.9 Å². The first-order chi connectivity index (χ1) is 7.34. The van der Waals surface area contributed by atoms with Crippen molar-refractivity contribution in [1.29, 1.82) is 0 Å². The van der Waals surface area contributed by atoms with Gasteiger partial charge in [0, 0.05) is 18.6 Å².